The highest BCUT2D eigenvalue weighted by Gasteiger charge is 2.53. The van der Waals surface area contributed by atoms with Gasteiger partial charge in [-0.3, -0.25) is 4.79 Å². The minimum absolute atomic E-state index is 0.00731. The molecule has 3 heterocycles. The Morgan fingerprint density at radius 1 is 1.22 bits per heavy atom. The molecule has 0 unspecified atom stereocenters. The summed E-state index contributed by atoms with van der Waals surface area (Å²) in [5, 5.41) is 0. The largest absolute Gasteiger partial charge is 0.378 e. The van der Waals surface area contributed by atoms with Crippen molar-refractivity contribution in [2.75, 3.05) is 32.9 Å². The first kappa shape index (κ1) is 12.3. The number of fused-ring (bicyclic) bond motifs is 1. The van der Waals surface area contributed by atoms with E-state index in [1.807, 2.05) is 13.8 Å². The van der Waals surface area contributed by atoms with E-state index in [0.717, 1.165) is 0 Å². The van der Waals surface area contributed by atoms with Crippen molar-refractivity contribution in [1.29, 1.82) is 0 Å². The van der Waals surface area contributed by atoms with E-state index in [9.17, 15) is 4.79 Å². The summed E-state index contributed by atoms with van der Waals surface area (Å²) in [6.07, 6.45) is -0.944. The molecule has 3 saturated heterocycles. The summed E-state index contributed by atoms with van der Waals surface area (Å²) >= 11 is 0. The second kappa shape index (κ2) is 4.45. The predicted molar refractivity (Wildman–Crippen MR) is 61.0 cm³/mol. The van der Waals surface area contributed by atoms with Gasteiger partial charge in [0, 0.05) is 13.1 Å². The highest BCUT2D eigenvalue weighted by molar-refractivity contribution is 5.82. The van der Waals surface area contributed by atoms with Gasteiger partial charge < -0.3 is 23.8 Å². The Morgan fingerprint density at radius 3 is 2.67 bits per heavy atom. The van der Waals surface area contributed by atoms with Crippen LogP contribution in [0.3, 0.4) is 0 Å². The minimum Gasteiger partial charge on any atom is -0.378 e. The Balaban J connectivity index is 1.67. The van der Waals surface area contributed by atoms with Gasteiger partial charge in [-0.25, -0.2) is 0 Å². The minimum atomic E-state index is -0.622. The lowest BCUT2D eigenvalue weighted by Crippen LogP contribution is -2.49. The molecule has 3 aliphatic heterocycles. The number of rotatable bonds is 1. The third-order valence-corrected chi connectivity index (χ3v) is 3.53. The van der Waals surface area contributed by atoms with Gasteiger partial charge in [-0.2, -0.15) is 0 Å². The molecule has 3 fully saturated rings. The Labute approximate surface area is 106 Å². The van der Waals surface area contributed by atoms with Gasteiger partial charge in [-0.1, -0.05) is 0 Å². The Morgan fingerprint density at radius 2 is 1.94 bits per heavy atom. The number of amides is 1. The maximum atomic E-state index is 12.4. The van der Waals surface area contributed by atoms with Crippen molar-refractivity contribution in [3.8, 4) is 0 Å². The fourth-order valence-electron chi connectivity index (χ4n) is 2.72. The van der Waals surface area contributed by atoms with Crippen molar-refractivity contribution in [2.24, 2.45) is 0 Å². The number of hydrogen-bond donors (Lipinski definition) is 0. The van der Waals surface area contributed by atoms with Crippen molar-refractivity contribution < 1.29 is 23.7 Å². The molecule has 0 spiro atoms. The molecule has 0 saturated carbocycles. The summed E-state index contributed by atoms with van der Waals surface area (Å²) in [4.78, 5) is 14.1. The third kappa shape index (κ3) is 2.14. The van der Waals surface area contributed by atoms with Crippen LogP contribution in [0.4, 0.5) is 0 Å². The van der Waals surface area contributed by atoms with Crippen LogP contribution in [0.25, 0.3) is 0 Å². The number of hydrogen-bond acceptors (Lipinski definition) is 5. The van der Waals surface area contributed by atoms with Crippen molar-refractivity contribution >= 4 is 5.91 Å². The van der Waals surface area contributed by atoms with Gasteiger partial charge in [0.2, 0.25) is 0 Å². The van der Waals surface area contributed by atoms with E-state index in [2.05, 4.69) is 0 Å². The van der Waals surface area contributed by atoms with Crippen LogP contribution in [0.15, 0.2) is 0 Å². The monoisotopic (exact) mass is 257 g/mol. The van der Waals surface area contributed by atoms with Gasteiger partial charge >= 0.3 is 0 Å². The van der Waals surface area contributed by atoms with Gasteiger partial charge in [0.1, 0.15) is 12.2 Å². The first-order valence-electron chi connectivity index (χ1n) is 6.41. The maximum Gasteiger partial charge on any atom is 0.254 e. The number of carbonyl (C=O) groups excluding carboxylic acids is 1. The lowest BCUT2D eigenvalue weighted by Gasteiger charge is -2.30. The lowest BCUT2D eigenvalue weighted by molar-refractivity contribution is -0.182. The quantitative estimate of drug-likeness (QED) is 0.649. The van der Waals surface area contributed by atoms with Crippen LogP contribution in [-0.2, 0) is 23.7 Å². The average molecular weight is 257 g/mol. The molecule has 0 aliphatic carbocycles. The van der Waals surface area contributed by atoms with Crippen LogP contribution in [0.2, 0.25) is 0 Å². The van der Waals surface area contributed by atoms with Crippen molar-refractivity contribution in [1.82, 2.24) is 4.90 Å². The predicted octanol–water partition coefficient (Wildman–Crippen LogP) is -0.236. The molecule has 0 aromatic heterocycles. The number of carbonyl (C=O) groups is 1. The smallest absolute Gasteiger partial charge is 0.254 e. The summed E-state index contributed by atoms with van der Waals surface area (Å²) in [6, 6.07) is 0. The molecular weight excluding hydrogens is 238 g/mol. The zero-order valence-electron chi connectivity index (χ0n) is 10.8. The molecule has 3 atom stereocenters. The van der Waals surface area contributed by atoms with E-state index in [1.165, 1.54) is 0 Å². The van der Waals surface area contributed by atoms with E-state index >= 15 is 0 Å². The van der Waals surface area contributed by atoms with Gasteiger partial charge in [0.15, 0.2) is 11.9 Å². The standard InChI is InChI=1S/C12H19NO5/c1-12(2)17-8-7-16-10(9(8)18-12)11(14)13-3-5-15-6-4-13/h8-10H,3-7H2,1-2H3/t8-,9-,10-/m0/s1. The first-order valence-corrected chi connectivity index (χ1v) is 6.41. The molecule has 3 rings (SSSR count). The van der Waals surface area contributed by atoms with E-state index in [1.54, 1.807) is 4.90 Å². The number of morpholine rings is 1. The second-order valence-corrected chi connectivity index (χ2v) is 5.33. The fraction of sp³-hybridized carbons (Fsp3) is 0.917. The van der Waals surface area contributed by atoms with E-state index in [-0.39, 0.29) is 18.1 Å². The van der Waals surface area contributed by atoms with Gasteiger partial charge in [-0.15, -0.1) is 0 Å². The Kier molecular flexibility index (Phi) is 3.05. The Bertz CT molecular complexity index is 339. The third-order valence-electron chi connectivity index (χ3n) is 3.53. The van der Waals surface area contributed by atoms with Gasteiger partial charge in [-0.05, 0) is 13.8 Å². The SMILES string of the molecule is CC1(C)O[C@H]2[C@H](CO[C@@H]2C(=O)N2CCOCC2)O1. The van der Waals surface area contributed by atoms with Crippen molar-refractivity contribution in [2.45, 2.75) is 37.9 Å². The molecule has 1 amide bonds. The topological polar surface area (TPSA) is 57.2 Å². The molecule has 0 bridgehead atoms. The summed E-state index contributed by atoms with van der Waals surface area (Å²) in [7, 11) is 0. The molecule has 0 N–H and O–H groups in total. The highest BCUT2D eigenvalue weighted by atomic mass is 16.8. The van der Waals surface area contributed by atoms with Crippen LogP contribution in [0, 0.1) is 0 Å². The summed E-state index contributed by atoms with van der Waals surface area (Å²) < 4.78 is 22.3. The molecule has 0 aromatic rings. The second-order valence-electron chi connectivity index (χ2n) is 5.33. The van der Waals surface area contributed by atoms with E-state index < -0.39 is 11.9 Å². The van der Waals surface area contributed by atoms with E-state index in [4.69, 9.17) is 18.9 Å². The molecule has 0 radical (unpaired) electrons. The Hall–Kier alpha value is -0.690. The van der Waals surface area contributed by atoms with Crippen molar-refractivity contribution in [3.05, 3.63) is 0 Å². The average Bonchev–Trinajstić information content (AvgIpc) is 2.84. The molecule has 0 aromatic carbocycles. The molecule has 6 heteroatoms. The number of ether oxygens (including phenoxy) is 4. The fourth-order valence-corrected chi connectivity index (χ4v) is 2.72. The normalized spacial score (nSPS) is 38.8. The molecule has 18 heavy (non-hydrogen) atoms. The highest BCUT2D eigenvalue weighted by Crippen LogP contribution is 2.35. The zero-order valence-corrected chi connectivity index (χ0v) is 10.8. The maximum absolute atomic E-state index is 12.4. The summed E-state index contributed by atoms with van der Waals surface area (Å²) in [5.41, 5.74) is 0. The molecule has 3 aliphatic rings. The molecule has 102 valence electrons. The van der Waals surface area contributed by atoms with Gasteiger partial charge in [0.05, 0.1) is 19.8 Å². The summed E-state index contributed by atoms with van der Waals surface area (Å²) in [5.74, 6) is -0.630. The number of nitrogens with zero attached hydrogens (tertiary/aromatic N) is 1. The van der Waals surface area contributed by atoms with Gasteiger partial charge in [0.25, 0.3) is 5.91 Å². The van der Waals surface area contributed by atoms with Crippen molar-refractivity contribution in [3.63, 3.8) is 0 Å². The molecule has 6 nitrogen and oxygen atoms in total. The molecular formula is C12H19NO5. The lowest BCUT2D eigenvalue weighted by atomic mass is 10.1. The first-order chi connectivity index (χ1) is 8.57. The summed E-state index contributed by atoms with van der Waals surface area (Å²) in [6.45, 7) is 6.59. The van der Waals surface area contributed by atoms with Crippen LogP contribution in [0.1, 0.15) is 13.8 Å². The van der Waals surface area contributed by atoms with Crippen LogP contribution in [0.5, 0.6) is 0 Å². The zero-order chi connectivity index (χ0) is 12.8. The van der Waals surface area contributed by atoms with E-state index in [0.29, 0.717) is 32.9 Å². The van der Waals surface area contributed by atoms with Crippen LogP contribution in [-0.4, -0.2) is 67.8 Å². The van der Waals surface area contributed by atoms with Crippen LogP contribution >= 0.6 is 0 Å². The van der Waals surface area contributed by atoms with Crippen LogP contribution < -0.4 is 0 Å².